The number of hydrogen-bond donors (Lipinski definition) is 1. The Bertz CT molecular complexity index is 167. The average molecular weight is 201 g/mol. The minimum Gasteiger partial charge on any atom is -0.383 e. The average Bonchev–Trinajstić information content (AvgIpc) is 2.25. The zero-order valence-corrected chi connectivity index (χ0v) is 8.75. The summed E-state index contributed by atoms with van der Waals surface area (Å²) in [7, 11) is 1.65. The first-order chi connectivity index (χ1) is 6.84. The molecule has 0 radical (unpaired) electrons. The molecule has 0 aliphatic carbocycles. The van der Waals surface area contributed by atoms with Gasteiger partial charge in [0.25, 0.3) is 0 Å². The van der Waals surface area contributed by atoms with Crippen molar-refractivity contribution < 1.29 is 14.3 Å². The molecule has 4 heteroatoms. The second kappa shape index (κ2) is 6.92. The fraction of sp³-hybridized carbons (Fsp3) is 0.900. The van der Waals surface area contributed by atoms with E-state index in [1.165, 1.54) is 0 Å². The highest BCUT2D eigenvalue weighted by Gasteiger charge is 2.20. The Labute approximate surface area is 85.0 Å². The third-order valence-corrected chi connectivity index (χ3v) is 2.46. The number of carbonyl (C=O) groups excluding carboxylic acids is 1. The first-order valence-electron chi connectivity index (χ1n) is 5.14. The molecule has 1 fully saturated rings. The van der Waals surface area contributed by atoms with Gasteiger partial charge in [-0.15, -0.1) is 0 Å². The maximum Gasteiger partial charge on any atom is 0.149 e. The van der Waals surface area contributed by atoms with Crippen LogP contribution in [0.3, 0.4) is 0 Å². The molecule has 0 aromatic heterocycles. The van der Waals surface area contributed by atoms with Crippen LogP contribution in [0.15, 0.2) is 0 Å². The van der Waals surface area contributed by atoms with Crippen LogP contribution < -0.4 is 5.32 Å². The van der Waals surface area contributed by atoms with Gasteiger partial charge in [0, 0.05) is 32.8 Å². The molecule has 82 valence electrons. The van der Waals surface area contributed by atoms with Crippen LogP contribution >= 0.6 is 0 Å². The van der Waals surface area contributed by atoms with E-state index in [1.807, 2.05) is 0 Å². The molecule has 1 N–H and O–H groups in total. The second-order valence-corrected chi connectivity index (χ2v) is 3.52. The minimum atomic E-state index is 0.207. The Morgan fingerprint density at radius 2 is 2.21 bits per heavy atom. The lowest BCUT2D eigenvalue weighted by molar-refractivity contribution is -0.124. The Balaban J connectivity index is 2.07. The van der Waals surface area contributed by atoms with Crippen molar-refractivity contribution in [1.29, 1.82) is 0 Å². The van der Waals surface area contributed by atoms with E-state index < -0.39 is 0 Å². The summed E-state index contributed by atoms with van der Waals surface area (Å²) >= 11 is 0. The van der Waals surface area contributed by atoms with Gasteiger partial charge < -0.3 is 14.8 Å². The number of rotatable bonds is 6. The van der Waals surface area contributed by atoms with E-state index in [0.29, 0.717) is 18.9 Å². The number of nitrogens with one attached hydrogen (secondary N) is 1. The van der Waals surface area contributed by atoms with Crippen molar-refractivity contribution in [3.8, 4) is 0 Å². The van der Waals surface area contributed by atoms with Crippen molar-refractivity contribution in [2.45, 2.75) is 12.8 Å². The van der Waals surface area contributed by atoms with Gasteiger partial charge in [0.2, 0.25) is 0 Å². The standard InChI is InChI=1S/C10H19NO3/c1-13-7-4-11-8-10(12)9-2-5-14-6-3-9/h9,11H,2-8H2,1H3. The maximum absolute atomic E-state index is 11.6. The molecule has 1 heterocycles. The van der Waals surface area contributed by atoms with E-state index in [2.05, 4.69) is 5.32 Å². The van der Waals surface area contributed by atoms with Crippen LogP contribution in [-0.2, 0) is 14.3 Å². The number of ketones is 1. The molecule has 4 nitrogen and oxygen atoms in total. The van der Waals surface area contributed by atoms with Crippen LogP contribution in [0.2, 0.25) is 0 Å². The highest BCUT2D eigenvalue weighted by Crippen LogP contribution is 2.14. The summed E-state index contributed by atoms with van der Waals surface area (Å²) in [5.41, 5.74) is 0. The monoisotopic (exact) mass is 201 g/mol. The Kier molecular flexibility index (Phi) is 5.75. The van der Waals surface area contributed by atoms with Crippen LogP contribution in [-0.4, -0.2) is 45.8 Å². The number of carbonyl (C=O) groups is 1. The molecule has 0 atom stereocenters. The van der Waals surface area contributed by atoms with E-state index in [0.717, 1.165) is 32.6 Å². The molecule has 0 aromatic rings. The van der Waals surface area contributed by atoms with Crippen molar-refractivity contribution in [2.75, 3.05) is 40.0 Å². The first-order valence-corrected chi connectivity index (χ1v) is 5.14. The van der Waals surface area contributed by atoms with Crippen molar-refractivity contribution >= 4 is 5.78 Å². The highest BCUT2D eigenvalue weighted by molar-refractivity contribution is 5.83. The van der Waals surface area contributed by atoms with Gasteiger partial charge in [0.1, 0.15) is 5.78 Å². The van der Waals surface area contributed by atoms with E-state index in [4.69, 9.17) is 9.47 Å². The predicted molar refractivity (Wildman–Crippen MR) is 53.3 cm³/mol. The van der Waals surface area contributed by atoms with Gasteiger partial charge >= 0.3 is 0 Å². The minimum absolute atomic E-state index is 0.207. The summed E-state index contributed by atoms with van der Waals surface area (Å²) in [6, 6.07) is 0. The number of ether oxygens (including phenoxy) is 2. The molecule has 0 amide bonds. The van der Waals surface area contributed by atoms with Crippen LogP contribution in [0.1, 0.15) is 12.8 Å². The van der Waals surface area contributed by atoms with Gasteiger partial charge in [-0.2, -0.15) is 0 Å². The van der Waals surface area contributed by atoms with Crippen molar-refractivity contribution in [2.24, 2.45) is 5.92 Å². The van der Waals surface area contributed by atoms with E-state index in [9.17, 15) is 4.79 Å². The molecule has 1 saturated heterocycles. The van der Waals surface area contributed by atoms with Crippen LogP contribution in [0.25, 0.3) is 0 Å². The molecule has 14 heavy (non-hydrogen) atoms. The molecule has 0 spiro atoms. The topological polar surface area (TPSA) is 47.6 Å². The lowest BCUT2D eigenvalue weighted by atomic mass is 9.95. The van der Waals surface area contributed by atoms with Crippen LogP contribution in [0.4, 0.5) is 0 Å². The van der Waals surface area contributed by atoms with Gasteiger partial charge in [0.15, 0.2) is 0 Å². The predicted octanol–water partition coefficient (Wildman–Crippen LogP) is 0.218. The molecule has 1 rings (SSSR count). The van der Waals surface area contributed by atoms with Gasteiger partial charge in [-0.1, -0.05) is 0 Å². The van der Waals surface area contributed by atoms with Crippen LogP contribution in [0, 0.1) is 5.92 Å². The number of hydrogen-bond acceptors (Lipinski definition) is 4. The van der Waals surface area contributed by atoms with Gasteiger partial charge in [-0.05, 0) is 12.8 Å². The third-order valence-electron chi connectivity index (χ3n) is 2.46. The zero-order chi connectivity index (χ0) is 10.2. The molecule has 1 aliphatic heterocycles. The molecule has 0 saturated carbocycles. The molecule has 0 aromatic carbocycles. The lowest BCUT2D eigenvalue weighted by Gasteiger charge is -2.20. The van der Waals surface area contributed by atoms with Crippen molar-refractivity contribution in [3.63, 3.8) is 0 Å². The van der Waals surface area contributed by atoms with E-state index >= 15 is 0 Å². The quantitative estimate of drug-likeness (QED) is 0.624. The largest absolute Gasteiger partial charge is 0.383 e. The summed E-state index contributed by atoms with van der Waals surface area (Å²) in [5, 5.41) is 3.07. The van der Waals surface area contributed by atoms with Gasteiger partial charge in [-0.3, -0.25) is 4.79 Å². The smallest absolute Gasteiger partial charge is 0.149 e. The van der Waals surface area contributed by atoms with E-state index in [-0.39, 0.29) is 5.92 Å². The Hall–Kier alpha value is -0.450. The zero-order valence-electron chi connectivity index (χ0n) is 8.75. The maximum atomic E-state index is 11.6. The Morgan fingerprint density at radius 1 is 1.50 bits per heavy atom. The Morgan fingerprint density at radius 3 is 2.86 bits per heavy atom. The SMILES string of the molecule is COCCNCC(=O)C1CCOCC1. The van der Waals surface area contributed by atoms with Gasteiger partial charge in [0.05, 0.1) is 13.2 Å². The summed E-state index contributed by atoms with van der Waals surface area (Å²) in [4.78, 5) is 11.6. The molecular weight excluding hydrogens is 182 g/mol. The highest BCUT2D eigenvalue weighted by atomic mass is 16.5. The molecule has 0 unspecified atom stereocenters. The lowest BCUT2D eigenvalue weighted by Crippen LogP contribution is -2.33. The summed E-state index contributed by atoms with van der Waals surface area (Å²) in [6.07, 6.45) is 1.76. The molecule has 0 bridgehead atoms. The number of methoxy groups -OCH3 is 1. The van der Waals surface area contributed by atoms with Gasteiger partial charge in [-0.25, -0.2) is 0 Å². The van der Waals surface area contributed by atoms with Crippen molar-refractivity contribution in [1.82, 2.24) is 5.32 Å². The first kappa shape index (κ1) is 11.6. The number of Topliss-reactive ketones (excluding diaryl/α,β-unsaturated/α-hetero) is 1. The fourth-order valence-corrected chi connectivity index (χ4v) is 1.55. The second-order valence-electron chi connectivity index (χ2n) is 3.52. The van der Waals surface area contributed by atoms with E-state index in [1.54, 1.807) is 7.11 Å². The third kappa shape index (κ3) is 4.17. The normalized spacial score (nSPS) is 18.4. The summed E-state index contributed by atoms with van der Waals surface area (Å²) < 4.78 is 10.1. The summed E-state index contributed by atoms with van der Waals surface area (Å²) in [5.74, 6) is 0.517. The van der Waals surface area contributed by atoms with Crippen molar-refractivity contribution in [3.05, 3.63) is 0 Å². The summed E-state index contributed by atoms with van der Waals surface area (Å²) in [6.45, 7) is 3.32. The molecule has 1 aliphatic rings. The van der Waals surface area contributed by atoms with Crippen LogP contribution in [0.5, 0.6) is 0 Å². The fourth-order valence-electron chi connectivity index (χ4n) is 1.55. The molecular formula is C10H19NO3.